The number of nitrogens with zero attached hydrogens (tertiary/aromatic N) is 1. The molecular formula is C26H22N2O5. The number of benzene rings is 3. The molecule has 3 aromatic carbocycles. The zero-order valence-corrected chi connectivity index (χ0v) is 18.0. The van der Waals surface area contributed by atoms with Gasteiger partial charge in [0, 0.05) is 18.7 Å². The van der Waals surface area contributed by atoms with E-state index in [-0.39, 0.29) is 23.8 Å². The fourth-order valence-corrected chi connectivity index (χ4v) is 3.81. The van der Waals surface area contributed by atoms with Gasteiger partial charge in [-0.1, -0.05) is 60.7 Å². The molecule has 0 fully saturated rings. The quantitative estimate of drug-likeness (QED) is 0.446. The molecule has 4 rings (SSSR count). The van der Waals surface area contributed by atoms with Gasteiger partial charge in [0.2, 0.25) is 0 Å². The van der Waals surface area contributed by atoms with Crippen molar-refractivity contribution in [1.82, 2.24) is 4.90 Å². The summed E-state index contributed by atoms with van der Waals surface area (Å²) in [5.74, 6) is -2.04. The van der Waals surface area contributed by atoms with Crippen molar-refractivity contribution in [3.05, 3.63) is 101 Å². The topological polar surface area (TPSA) is 92.8 Å². The summed E-state index contributed by atoms with van der Waals surface area (Å²) < 4.78 is 5.22. The first-order valence-corrected chi connectivity index (χ1v) is 10.5. The number of carbonyl (C=O) groups is 4. The number of fused-ring (bicyclic) bond motifs is 1. The molecule has 0 bridgehead atoms. The van der Waals surface area contributed by atoms with E-state index in [4.69, 9.17) is 4.74 Å². The second kappa shape index (κ2) is 9.48. The molecule has 166 valence electrons. The molecule has 7 heteroatoms. The van der Waals surface area contributed by atoms with E-state index < -0.39 is 24.4 Å². The highest BCUT2D eigenvalue weighted by Crippen LogP contribution is 2.28. The number of rotatable bonds is 7. The molecule has 3 amide bonds. The third-order valence-corrected chi connectivity index (χ3v) is 5.51. The first-order chi connectivity index (χ1) is 15.9. The van der Waals surface area contributed by atoms with Crippen molar-refractivity contribution in [1.29, 1.82) is 0 Å². The predicted octanol–water partition coefficient (Wildman–Crippen LogP) is 3.62. The van der Waals surface area contributed by atoms with Crippen LogP contribution in [0, 0.1) is 0 Å². The van der Waals surface area contributed by atoms with Crippen LogP contribution in [0.25, 0.3) is 0 Å². The SMILES string of the molecule is CN1C(=O)c2ccc(NC(=O)COC(=O)CC(c3ccccc3)c3ccccc3)cc2C1=O. The Morgan fingerprint density at radius 3 is 2.03 bits per heavy atom. The van der Waals surface area contributed by atoms with Crippen LogP contribution in [-0.4, -0.2) is 42.2 Å². The van der Waals surface area contributed by atoms with E-state index in [1.165, 1.54) is 25.2 Å². The summed E-state index contributed by atoms with van der Waals surface area (Å²) in [4.78, 5) is 50.0. The maximum atomic E-state index is 12.5. The molecule has 0 aliphatic carbocycles. The number of nitrogens with one attached hydrogen (secondary N) is 1. The molecule has 3 aromatic rings. The maximum Gasteiger partial charge on any atom is 0.307 e. The highest BCUT2D eigenvalue weighted by Gasteiger charge is 2.32. The minimum Gasteiger partial charge on any atom is -0.456 e. The molecule has 1 aliphatic rings. The summed E-state index contributed by atoms with van der Waals surface area (Å²) in [7, 11) is 1.40. The summed E-state index contributed by atoms with van der Waals surface area (Å²) in [5.41, 5.74) is 2.82. The number of anilines is 1. The molecule has 1 heterocycles. The second-order valence-electron chi connectivity index (χ2n) is 7.72. The fraction of sp³-hybridized carbons (Fsp3) is 0.154. The number of amides is 3. The van der Waals surface area contributed by atoms with Crippen LogP contribution in [0.3, 0.4) is 0 Å². The van der Waals surface area contributed by atoms with Crippen LogP contribution in [0.5, 0.6) is 0 Å². The normalized spacial score (nSPS) is 12.6. The van der Waals surface area contributed by atoms with Gasteiger partial charge in [-0.25, -0.2) is 0 Å². The largest absolute Gasteiger partial charge is 0.456 e. The standard InChI is InChI=1S/C26H22N2O5/c1-28-25(31)20-13-12-19(14-22(20)26(28)32)27-23(29)16-33-24(30)15-21(17-8-4-2-5-9-17)18-10-6-3-7-11-18/h2-14,21H,15-16H2,1H3,(H,27,29). The lowest BCUT2D eigenvalue weighted by Crippen LogP contribution is -2.24. The van der Waals surface area contributed by atoms with Gasteiger partial charge in [0.25, 0.3) is 17.7 Å². The minimum atomic E-state index is -0.538. The van der Waals surface area contributed by atoms with Gasteiger partial charge in [0.1, 0.15) is 0 Å². The third kappa shape index (κ3) is 4.82. The van der Waals surface area contributed by atoms with Crippen LogP contribution in [-0.2, 0) is 14.3 Å². The molecule has 1 N–H and O–H groups in total. The Hall–Kier alpha value is -4.26. The van der Waals surface area contributed by atoms with Crippen LogP contribution in [0.1, 0.15) is 44.2 Å². The van der Waals surface area contributed by atoms with Crippen molar-refractivity contribution < 1.29 is 23.9 Å². The van der Waals surface area contributed by atoms with E-state index in [1.807, 2.05) is 60.7 Å². The molecule has 0 atom stereocenters. The molecular weight excluding hydrogens is 420 g/mol. The Balaban J connectivity index is 1.37. The van der Waals surface area contributed by atoms with Crippen LogP contribution >= 0.6 is 0 Å². The van der Waals surface area contributed by atoms with Crippen LogP contribution < -0.4 is 5.32 Å². The van der Waals surface area contributed by atoms with E-state index in [9.17, 15) is 19.2 Å². The van der Waals surface area contributed by atoms with Gasteiger partial charge in [-0.05, 0) is 29.3 Å². The Morgan fingerprint density at radius 1 is 0.848 bits per heavy atom. The van der Waals surface area contributed by atoms with E-state index in [1.54, 1.807) is 0 Å². The van der Waals surface area contributed by atoms with E-state index in [0.29, 0.717) is 11.3 Å². The summed E-state index contributed by atoms with van der Waals surface area (Å²) in [6, 6.07) is 23.8. The highest BCUT2D eigenvalue weighted by molar-refractivity contribution is 6.21. The van der Waals surface area contributed by atoms with Gasteiger partial charge in [-0.3, -0.25) is 24.1 Å². The summed E-state index contributed by atoms with van der Waals surface area (Å²) in [5, 5.41) is 2.60. The summed E-state index contributed by atoms with van der Waals surface area (Å²) >= 11 is 0. The van der Waals surface area contributed by atoms with E-state index in [2.05, 4.69) is 5.32 Å². The molecule has 0 unspecified atom stereocenters. The van der Waals surface area contributed by atoms with Gasteiger partial charge >= 0.3 is 5.97 Å². The lowest BCUT2D eigenvalue weighted by molar-refractivity contribution is -0.147. The summed E-state index contributed by atoms with van der Waals surface area (Å²) in [6.45, 7) is -0.459. The lowest BCUT2D eigenvalue weighted by Gasteiger charge is -2.17. The van der Waals surface area contributed by atoms with Gasteiger partial charge in [0.05, 0.1) is 17.5 Å². The van der Waals surface area contributed by atoms with E-state index >= 15 is 0 Å². The minimum absolute atomic E-state index is 0.0864. The number of hydrogen-bond donors (Lipinski definition) is 1. The zero-order valence-electron chi connectivity index (χ0n) is 18.0. The van der Waals surface area contributed by atoms with Crippen LogP contribution in [0.4, 0.5) is 5.69 Å². The molecule has 33 heavy (non-hydrogen) atoms. The molecule has 0 aromatic heterocycles. The maximum absolute atomic E-state index is 12.5. The van der Waals surface area contributed by atoms with Crippen molar-refractivity contribution in [2.45, 2.75) is 12.3 Å². The fourth-order valence-electron chi connectivity index (χ4n) is 3.81. The highest BCUT2D eigenvalue weighted by atomic mass is 16.5. The molecule has 0 saturated carbocycles. The van der Waals surface area contributed by atoms with Gasteiger partial charge in [-0.2, -0.15) is 0 Å². The summed E-state index contributed by atoms with van der Waals surface area (Å²) in [6.07, 6.45) is 0.0864. The van der Waals surface area contributed by atoms with Crippen LogP contribution in [0.15, 0.2) is 78.9 Å². The molecule has 1 aliphatic heterocycles. The van der Waals surface area contributed by atoms with Gasteiger partial charge in [-0.15, -0.1) is 0 Å². The van der Waals surface area contributed by atoms with Gasteiger partial charge in [0.15, 0.2) is 6.61 Å². The van der Waals surface area contributed by atoms with Crippen LogP contribution in [0.2, 0.25) is 0 Å². The monoisotopic (exact) mass is 442 g/mol. The Labute approximate surface area is 191 Å². The van der Waals surface area contributed by atoms with E-state index in [0.717, 1.165) is 16.0 Å². The van der Waals surface area contributed by atoms with Crippen molar-refractivity contribution in [2.75, 3.05) is 19.0 Å². The first kappa shape index (κ1) is 22.0. The number of imide groups is 1. The van der Waals surface area contributed by atoms with Crippen molar-refractivity contribution in [3.63, 3.8) is 0 Å². The number of esters is 1. The number of ether oxygens (including phenoxy) is 1. The molecule has 7 nitrogen and oxygen atoms in total. The Kier molecular flexibility index (Phi) is 6.31. The Bertz CT molecular complexity index is 1170. The predicted molar refractivity (Wildman–Crippen MR) is 122 cm³/mol. The van der Waals surface area contributed by atoms with Crippen molar-refractivity contribution in [3.8, 4) is 0 Å². The third-order valence-electron chi connectivity index (χ3n) is 5.51. The lowest BCUT2D eigenvalue weighted by atomic mass is 9.89. The van der Waals surface area contributed by atoms with Crippen molar-refractivity contribution >= 4 is 29.4 Å². The average Bonchev–Trinajstić information content (AvgIpc) is 3.06. The van der Waals surface area contributed by atoms with Crippen molar-refractivity contribution in [2.24, 2.45) is 0 Å². The Morgan fingerprint density at radius 2 is 1.42 bits per heavy atom. The smallest absolute Gasteiger partial charge is 0.307 e. The molecule has 0 spiro atoms. The molecule has 0 saturated heterocycles. The van der Waals surface area contributed by atoms with Gasteiger partial charge < -0.3 is 10.1 Å². The second-order valence-corrected chi connectivity index (χ2v) is 7.72. The number of hydrogen-bond acceptors (Lipinski definition) is 5. The average molecular weight is 442 g/mol. The molecule has 0 radical (unpaired) electrons. The number of carbonyl (C=O) groups excluding carboxylic acids is 4. The zero-order chi connectivity index (χ0) is 23.4. The first-order valence-electron chi connectivity index (χ1n) is 10.5.